The fraction of sp³-hybridized carbons (Fsp3) is 0.0714. The Morgan fingerprint density at radius 3 is 2.62 bits per heavy atom. The van der Waals surface area contributed by atoms with Crippen molar-refractivity contribution >= 4 is 21.4 Å². The Morgan fingerprint density at radius 2 is 1.95 bits per heavy atom. The van der Waals surface area contributed by atoms with Crippen LogP contribution in [0.15, 0.2) is 42.5 Å². The Kier molecular flexibility index (Phi) is 4.10. The lowest BCUT2D eigenvalue weighted by Crippen LogP contribution is -2.16. The Labute approximate surface area is 121 Å². The van der Waals surface area contributed by atoms with Gasteiger partial charge in [0.15, 0.2) is 0 Å². The normalized spacial score (nSPS) is 10.9. The van der Waals surface area contributed by atoms with E-state index in [-0.39, 0.29) is 17.0 Å². The summed E-state index contributed by atoms with van der Waals surface area (Å²) in [5.41, 5.74) is 6.11. The van der Waals surface area contributed by atoms with Crippen LogP contribution in [0.25, 0.3) is 0 Å². The highest BCUT2D eigenvalue weighted by molar-refractivity contribution is 7.91. The molecule has 0 amide bonds. The highest BCUT2D eigenvalue weighted by Crippen LogP contribution is 2.20. The quantitative estimate of drug-likeness (QED) is 0.846. The number of halogens is 1. The maximum atomic E-state index is 13.4. The van der Waals surface area contributed by atoms with Crippen molar-refractivity contribution in [1.29, 1.82) is 5.26 Å². The summed E-state index contributed by atoms with van der Waals surface area (Å²) in [7, 11) is -3.78. The zero-order valence-corrected chi connectivity index (χ0v) is 11.7. The van der Waals surface area contributed by atoms with Gasteiger partial charge >= 0.3 is 0 Å². The summed E-state index contributed by atoms with van der Waals surface area (Å²) in [6.07, 6.45) is 0. The van der Waals surface area contributed by atoms with Crippen molar-refractivity contribution in [2.45, 2.75) is 5.75 Å². The zero-order valence-electron chi connectivity index (χ0n) is 10.9. The van der Waals surface area contributed by atoms with E-state index >= 15 is 0 Å². The molecule has 0 saturated carbocycles. The molecule has 0 aliphatic carbocycles. The molecule has 0 spiro atoms. The molecule has 0 bridgehead atoms. The molecule has 3 N–H and O–H groups in total. The van der Waals surface area contributed by atoms with Crippen LogP contribution in [0.4, 0.5) is 15.8 Å². The summed E-state index contributed by atoms with van der Waals surface area (Å²) in [6, 6.07) is 11.8. The van der Waals surface area contributed by atoms with Crippen LogP contribution in [0.2, 0.25) is 0 Å². The molecule has 2 rings (SSSR count). The van der Waals surface area contributed by atoms with Crippen LogP contribution < -0.4 is 10.5 Å². The molecule has 0 saturated heterocycles. The molecule has 2 aromatic carbocycles. The molecule has 0 heterocycles. The largest absolute Gasteiger partial charge is 0.399 e. The van der Waals surface area contributed by atoms with Crippen molar-refractivity contribution in [1.82, 2.24) is 0 Å². The third-order valence-corrected chi connectivity index (χ3v) is 3.94. The molecule has 0 atom stereocenters. The number of anilines is 2. The van der Waals surface area contributed by atoms with E-state index in [4.69, 9.17) is 11.0 Å². The summed E-state index contributed by atoms with van der Waals surface area (Å²) in [5, 5.41) is 8.88. The number of nitrogens with two attached hydrogens (primary N) is 1. The molecule has 0 aliphatic rings. The van der Waals surface area contributed by atoms with Gasteiger partial charge in [-0.05, 0) is 29.8 Å². The van der Waals surface area contributed by atoms with Crippen molar-refractivity contribution in [3.63, 3.8) is 0 Å². The van der Waals surface area contributed by atoms with Gasteiger partial charge in [-0.2, -0.15) is 5.26 Å². The van der Waals surface area contributed by atoms with Crippen LogP contribution in [0, 0.1) is 17.1 Å². The summed E-state index contributed by atoms with van der Waals surface area (Å²) in [6.45, 7) is 0. The number of hydrogen-bond acceptors (Lipinski definition) is 4. The molecule has 21 heavy (non-hydrogen) atoms. The molecule has 2 aromatic rings. The van der Waals surface area contributed by atoms with E-state index in [0.717, 1.165) is 6.07 Å². The molecule has 0 unspecified atom stereocenters. The summed E-state index contributed by atoms with van der Waals surface area (Å²) in [5.74, 6) is -1.10. The van der Waals surface area contributed by atoms with Gasteiger partial charge in [-0.3, -0.25) is 4.72 Å². The smallest absolute Gasteiger partial charge is 0.236 e. The first-order chi connectivity index (χ1) is 9.91. The zero-order chi connectivity index (χ0) is 15.5. The first kappa shape index (κ1) is 14.8. The minimum absolute atomic E-state index is 0.0820. The van der Waals surface area contributed by atoms with Gasteiger partial charge < -0.3 is 5.73 Å². The Hall–Kier alpha value is -2.59. The Morgan fingerprint density at radius 1 is 1.24 bits per heavy atom. The molecule has 0 aliphatic heterocycles. The third kappa shape index (κ3) is 3.70. The van der Waals surface area contributed by atoms with Crippen molar-refractivity contribution in [2.75, 3.05) is 10.5 Å². The van der Waals surface area contributed by atoms with Crippen molar-refractivity contribution < 1.29 is 12.8 Å². The third-order valence-electron chi connectivity index (χ3n) is 2.70. The summed E-state index contributed by atoms with van der Waals surface area (Å²) < 4.78 is 39.8. The lowest BCUT2D eigenvalue weighted by molar-refractivity contribution is 0.600. The second-order valence-electron chi connectivity index (χ2n) is 4.38. The van der Waals surface area contributed by atoms with Crippen LogP contribution in [0.3, 0.4) is 0 Å². The number of benzene rings is 2. The number of rotatable bonds is 4. The van der Waals surface area contributed by atoms with Gasteiger partial charge in [0.25, 0.3) is 0 Å². The van der Waals surface area contributed by atoms with Crippen LogP contribution in [-0.2, 0) is 15.8 Å². The number of nitrogens with one attached hydrogen (secondary N) is 1. The van der Waals surface area contributed by atoms with E-state index in [1.807, 2.05) is 0 Å². The topological polar surface area (TPSA) is 96.0 Å². The van der Waals surface area contributed by atoms with Crippen LogP contribution in [0.1, 0.15) is 11.1 Å². The summed E-state index contributed by atoms with van der Waals surface area (Å²) in [4.78, 5) is 0. The standard InChI is InChI=1S/C14H12FN3O2S/c15-13-5-2-6-14(12(13)8-16)18-21(19,20)9-10-3-1-4-11(17)7-10/h1-7,18H,9,17H2. The summed E-state index contributed by atoms with van der Waals surface area (Å²) >= 11 is 0. The molecule has 108 valence electrons. The first-order valence-corrected chi connectivity index (χ1v) is 7.60. The molecule has 0 fully saturated rings. The fourth-order valence-corrected chi connectivity index (χ4v) is 3.02. The molecule has 0 aromatic heterocycles. The van der Waals surface area contributed by atoms with E-state index < -0.39 is 15.8 Å². The van der Waals surface area contributed by atoms with Gasteiger partial charge in [0.1, 0.15) is 17.4 Å². The van der Waals surface area contributed by atoms with E-state index in [1.165, 1.54) is 18.2 Å². The number of hydrogen-bond donors (Lipinski definition) is 2. The average molecular weight is 305 g/mol. The second kappa shape index (κ2) is 5.81. The Balaban J connectivity index is 2.27. The predicted octanol–water partition coefficient (Wildman–Crippen LogP) is 2.22. The van der Waals surface area contributed by atoms with E-state index in [1.54, 1.807) is 24.3 Å². The highest BCUT2D eigenvalue weighted by Gasteiger charge is 2.16. The van der Waals surface area contributed by atoms with Gasteiger partial charge in [0.05, 0.1) is 11.4 Å². The van der Waals surface area contributed by atoms with Gasteiger partial charge in [-0.1, -0.05) is 18.2 Å². The predicted molar refractivity (Wildman–Crippen MR) is 78.2 cm³/mol. The van der Waals surface area contributed by atoms with Crippen molar-refractivity contribution in [2.24, 2.45) is 0 Å². The SMILES string of the molecule is N#Cc1c(F)cccc1NS(=O)(=O)Cc1cccc(N)c1. The molecular weight excluding hydrogens is 293 g/mol. The molecule has 0 radical (unpaired) electrons. The number of nitrogen functional groups attached to an aromatic ring is 1. The fourth-order valence-electron chi connectivity index (χ4n) is 1.83. The first-order valence-electron chi connectivity index (χ1n) is 5.95. The van der Waals surface area contributed by atoms with Crippen molar-refractivity contribution in [3.8, 4) is 6.07 Å². The lowest BCUT2D eigenvalue weighted by Gasteiger charge is -2.10. The molecule has 7 heteroatoms. The monoisotopic (exact) mass is 305 g/mol. The minimum Gasteiger partial charge on any atom is -0.399 e. The van der Waals surface area contributed by atoms with Gasteiger partial charge in [0.2, 0.25) is 10.0 Å². The minimum atomic E-state index is -3.78. The van der Waals surface area contributed by atoms with Gasteiger partial charge in [-0.15, -0.1) is 0 Å². The molecular formula is C14H12FN3O2S. The van der Waals surface area contributed by atoms with Crippen LogP contribution >= 0.6 is 0 Å². The maximum absolute atomic E-state index is 13.4. The van der Waals surface area contributed by atoms with Crippen molar-refractivity contribution in [3.05, 3.63) is 59.4 Å². The van der Waals surface area contributed by atoms with E-state index in [9.17, 15) is 12.8 Å². The van der Waals surface area contributed by atoms with Gasteiger partial charge in [0, 0.05) is 5.69 Å². The van der Waals surface area contributed by atoms with E-state index in [0.29, 0.717) is 11.3 Å². The van der Waals surface area contributed by atoms with Crippen LogP contribution in [-0.4, -0.2) is 8.42 Å². The highest BCUT2D eigenvalue weighted by atomic mass is 32.2. The average Bonchev–Trinajstić information content (AvgIpc) is 2.37. The maximum Gasteiger partial charge on any atom is 0.236 e. The number of sulfonamides is 1. The second-order valence-corrected chi connectivity index (χ2v) is 6.10. The van der Waals surface area contributed by atoms with E-state index in [2.05, 4.69) is 4.72 Å². The number of nitrogens with zero attached hydrogens (tertiary/aromatic N) is 1. The molecule has 5 nitrogen and oxygen atoms in total. The van der Waals surface area contributed by atoms with Gasteiger partial charge in [-0.25, -0.2) is 12.8 Å². The lowest BCUT2D eigenvalue weighted by atomic mass is 10.2. The van der Waals surface area contributed by atoms with Crippen LogP contribution in [0.5, 0.6) is 0 Å². The Bertz CT molecular complexity index is 813. The number of nitriles is 1.